The standard InChI is InChI=1S/C25H35N3O3/c1-5-31-25(30)23-19(3)24(21-12-7-6-8-13-21)28(20(23)4)17-22(29)26-14-16-27-15-10-9-11-18(27)2/h6-8,12-13,18H,5,9-11,14-17H2,1-4H3,(H,26,29). The van der Waals surface area contributed by atoms with Crippen molar-refractivity contribution in [1.82, 2.24) is 14.8 Å². The van der Waals surface area contributed by atoms with Gasteiger partial charge in [0.1, 0.15) is 6.54 Å². The quantitative estimate of drug-likeness (QED) is 0.651. The van der Waals surface area contributed by atoms with Crippen LogP contribution in [0.1, 0.15) is 54.7 Å². The number of benzene rings is 1. The maximum absolute atomic E-state index is 12.8. The molecule has 1 amide bonds. The molecule has 1 unspecified atom stereocenters. The van der Waals surface area contributed by atoms with Gasteiger partial charge in [0.15, 0.2) is 0 Å². The second-order valence-corrected chi connectivity index (χ2v) is 8.34. The van der Waals surface area contributed by atoms with Gasteiger partial charge >= 0.3 is 5.97 Å². The van der Waals surface area contributed by atoms with Crippen LogP contribution in [-0.2, 0) is 16.1 Å². The van der Waals surface area contributed by atoms with Gasteiger partial charge in [-0.1, -0.05) is 36.8 Å². The first-order chi connectivity index (χ1) is 14.9. The molecular weight excluding hydrogens is 390 g/mol. The van der Waals surface area contributed by atoms with Crippen LogP contribution in [0.3, 0.4) is 0 Å². The summed E-state index contributed by atoms with van der Waals surface area (Å²) in [5.41, 5.74) is 4.02. The molecule has 2 aromatic rings. The Labute approximate surface area is 185 Å². The van der Waals surface area contributed by atoms with Gasteiger partial charge in [-0.15, -0.1) is 0 Å². The van der Waals surface area contributed by atoms with E-state index in [1.165, 1.54) is 19.3 Å². The number of rotatable bonds is 8. The summed E-state index contributed by atoms with van der Waals surface area (Å²) >= 11 is 0. The molecule has 1 saturated heterocycles. The monoisotopic (exact) mass is 425 g/mol. The maximum atomic E-state index is 12.8. The Balaban J connectivity index is 1.78. The summed E-state index contributed by atoms with van der Waals surface area (Å²) in [6.45, 7) is 11.0. The molecule has 6 heteroatoms. The van der Waals surface area contributed by atoms with Crippen molar-refractivity contribution in [2.45, 2.75) is 59.5 Å². The van der Waals surface area contributed by atoms with Crippen molar-refractivity contribution >= 4 is 11.9 Å². The molecule has 2 heterocycles. The summed E-state index contributed by atoms with van der Waals surface area (Å²) in [7, 11) is 0. The lowest BCUT2D eigenvalue weighted by Crippen LogP contribution is -2.43. The molecule has 1 atom stereocenters. The fourth-order valence-corrected chi connectivity index (χ4v) is 4.59. The van der Waals surface area contributed by atoms with Crippen LogP contribution < -0.4 is 5.32 Å². The van der Waals surface area contributed by atoms with Crippen molar-refractivity contribution in [3.05, 3.63) is 47.2 Å². The van der Waals surface area contributed by atoms with E-state index in [9.17, 15) is 9.59 Å². The molecule has 1 fully saturated rings. The first-order valence-electron chi connectivity index (χ1n) is 11.4. The minimum absolute atomic E-state index is 0.0460. The van der Waals surface area contributed by atoms with Crippen LogP contribution in [-0.4, -0.2) is 53.6 Å². The number of carbonyl (C=O) groups is 2. The normalized spacial score (nSPS) is 16.8. The Morgan fingerprint density at radius 2 is 1.90 bits per heavy atom. The Bertz CT molecular complexity index is 904. The summed E-state index contributed by atoms with van der Waals surface area (Å²) in [5, 5.41) is 3.07. The zero-order chi connectivity index (χ0) is 22.4. The Morgan fingerprint density at radius 1 is 1.16 bits per heavy atom. The average Bonchev–Trinajstić information content (AvgIpc) is 2.99. The molecule has 0 aliphatic carbocycles. The fourth-order valence-electron chi connectivity index (χ4n) is 4.59. The summed E-state index contributed by atoms with van der Waals surface area (Å²) in [5.74, 6) is -0.386. The highest BCUT2D eigenvalue weighted by Gasteiger charge is 2.25. The van der Waals surface area contributed by atoms with Crippen molar-refractivity contribution < 1.29 is 14.3 Å². The molecule has 3 rings (SSSR count). The van der Waals surface area contributed by atoms with Gasteiger partial charge in [-0.05, 0) is 58.2 Å². The van der Waals surface area contributed by atoms with Gasteiger partial charge < -0.3 is 14.6 Å². The third kappa shape index (κ3) is 5.37. The van der Waals surface area contributed by atoms with Crippen molar-refractivity contribution in [2.24, 2.45) is 0 Å². The van der Waals surface area contributed by atoms with E-state index in [4.69, 9.17) is 4.74 Å². The molecule has 1 N–H and O–H groups in total. The molecule has 1 aromatic carbocycles. The van der Waals surface area contributed by atoms with Crippen molar-refractivity contribution in [3.63, 3.8) is 0 Å². The second kappa shape index (κ2) is 10.6. The number of likely N-dealkylation sites (tertiary alicyclic amines) is 1. The molecule has 0 bridgehead atoms. The first kappa shape index (κ1) is 23.1. The van der Waals surface area contributed by atoms with Crippen molar-refractivity contribution in [3.8, 4) is 11.3 Å². The van der Waals surface area contributed by atoms with Crippen LogP contribution in [0.25, 0.3) is 11.3 Å². The average molecular weight is 426 g/mol. The highest BCUT2D eigenvalue weighted by Crippen LogP contribution is 2.31. The van der Waals surface area contributed by atoms with Crippen LogP contribution in [0.2, 0.25) is 0 Å². The molecule has 0 saturated carbocycles. The van der Waals surface area contributed by atoms with Gasteiger partial charge in [0.2, 0.25) is 5.91 Å². The van der Waals surface area contributed by atoms with E-state index in [1.807, 2.05) is 48.7 Å². The van der Waals surface area contributed by atoms with Crippen LogP contribution in [0.5, 0.6) is 0 Å². The van der Waals surface area contributed by atoms with Crippen molar-refractivity contribution in [2.75, 3.05) is 26.2 Å². The molecular formula is C25H35N3O3. The van der Waals surface area contributed by atoms with Gasteiger partial charge in [0.25, 0.3) is 0 Å². The molecule has 31 heavy (non-hydrogen) atoms. The topological polar surface area (TPSA) is 63.6 Å². The van der Waals surface area contributed by atoms with Gasteiger partial charge in [0, 0.05) is 24.8 Å². The van der Waals surface area contributed by atoms with E-state index < -0.39 is 0 Å². The number of carbonyl (C=O) groups excluding carboxylic acids is 2. The number of aromatic nitrogens is 1. The number of hydrogen-bond acceptors (Lipinski definition) is 4. The van der Waals surface area contributed by atoms with Crippen LogP contribution in [0, 0.1) is 13.8 Å². The Morgan fingerprint density at radius 3 is 2.58 bits per heavy atom. The molecule has 0 spiro atoms. The number of nitrogens with zero attached hydrogens (tertiary/aromatic N) is 2. The molecule has 1 aliphatic rings. The van der Waals surface area contributed by atoms with E-state index in [2.05, 4.69) is 17.1 Å². The van der Waals surface area contributed by atoms with E-state index in [0.717, 1.165) is 35.6 Å². The first-order valence-corrected chi connectivity index (χ1v) is 11.4. The third-order valence-corrected chi connectivity index (χ3v) is 6.26. The Hall–Kier alpha value is -2.60. The lowest BCUT2D eigenvalue weighted by Gasteiger charge is -2.33. The third-order valence-electron chi connectivity index (χ3n) is 6.26. The number of hydrogen-bond donors (Lipinski definition) is 1. The minimum atomic E-state index is -0.340. The van der Waals surface area contributed by atoms with Gasteiger partial charge in [-0.25, -0.2) is 4.79 Å². The number of esters is 1. The summed E-state index contributed by atoms with van der Waals surface area (Å²) in [6.07, 6.45) is 3.76. The number of ether oxygens (including phenoxy) is 1. The lowest BCUT2D eigenvalue weighted by molar-refractivity contribution is -0.121. The zero-order valence-electron chi connectivity index (χ0n) is 19.2. The zero-order valence-corrected chi connectivity index (χ0v) is 19.2. The van der Waals surface area contributed by atoms with Crippen LogP contribution >= 0.6 is 0 Å². The van der Waals surface area contributed by atoms with E-state index >= 15 is 0 Å². The van der Waals surface area contributed by atoms with Gasteiger partial charge in [-0.3, -0.25) is 9.69 Å². The maximum Gasteiger partial charge on any atom is 0.340 e. The van der Waals surface area contributed by atoms with Crippen molar-refractivity contribution in [1.29, 1.82) is 0 Å². The SMILES string of the molecule is CCOC(=O)c1c(C)c(-c2ccccc2)n(CC(=O)NCCN2CCCCC2C)c1C. The predicted molar refractivity (Wildman–Crippen MR) is 123 cm³/mol. The number of piperidine rings is 1. The van der Waals surface area contributed by atoms with E-state index in [0.29, 0.717) is 24.8 Å². The van der Waals surface area contributed by atoms with Crippen LogP contribution in [0.15, 0.2) is 30.3 Å². The lowest BCUT2D eigenvalue weighted by atomic mass is 10.0. The molecule has 6 nitrogen and oxygen atoms in total. The molecule has 1 aromatic heterocycles. The number of nitrogens with one attached hydrogen (secondary N) is 1. The molecule has 1 aliphatic heterocycles. The Kier molecular flexibility index (Phi) is 7.91. The smallest absolute Gasteiger partial charge is 0.340 e. The summed E-state index contributed by atoms with van der Waals surface area (Å²) in [4.78, 5) is 27.9. The van der Waals surface area contributed by atoms with E-state index in [-0.39, 0.29) is 18.4 Å². The van der Waals surface area contributed by atoms with E-state index in [1.54, 1.807) is 6.92 Å². The second-order valence-electron chi connectivity index (χ2n) is 8.34. The molecule has 168 valence electrons. The minimum Gasteiger partial charge on any atom is -0.462 e. The number of amides is 1. The summed E-state index contributed by atoms with van der Waals surface area (Å²) < 4.78 is 7.22. The largest absolute Gasteiger partial charge is 0.462 e. The highest BCUT2D eigenvalue weighted by atomic mass is 16.5. The van der Waals surface area contributed by atoms with Gasteiger partial charge in [0.05, 0.1) is 17.9 Å². The van der Waals surface area contributed by atoms with Gasteiger partial charge in [-0.2, -0.15) is 0 Å². The fraction of sp³-hybridized carbons (Fsp3) is 0.520. The highest BCUT2D eigenvalue weighted by molar-refractivity contribution is 5.95. The molecule has 0 radical (unpaired) electrons. The predicted octanol–water partition coefficient (Wildman–Crippen LogP) is 3.94. The summed E-state index contributed by atoms with van der Waals surface area (Å²) in [6, 6.07) is 10.5. The van der Waals surface area contributed by atoms with Crippen LogP contribution in [0.4, 0.5) is 0 Å².